The van der Waals surface area contributed by atoms with Gasteiger partial charge >= 0.3 is 5.97 Å². The molecule has 0 heterocycles. The Labute approximate surface area is 217 Å². The predicted molar refractivity (Wildman–Crippen MR) is 150 cm³/mol. The van der Waals surface area contributed by atoms with Gasteiger partial charge < -0.3 is 14.9 Å². The van der Waals surface area contributed by atoms with Crippen molar-refractivity contribution in [3.05, 3.63) is 24.8 Å². The Bertz CT molecular complexity index is 560. The summed E-state index contributed by atoms with van der Waals surface area (Å²) in [5.41, 5.74) is 0. The molecule has 0 aliphatic rings. The van der Waals surface area contributed by atoms with E-state index in [-0.39, 0.29) is 0 Å². The summed E-state index contributed by atoms with van der Waals surface area (Å²) in [5.74, 6) is -0.576. The number of nitrogens with zero attached hydrogens (tertiary/aromatic N) is 2. The normalized spacial score (nSPS) is 12.3. The molecule has 0 aromatic rings. The minimum absolute atomic E-state index is 0.300. The molecule has 1 atom stereocenters. The first-order chi connectivity index (χ1) is 16.9. The van der Waals surface area contributed by atoms with Crippen molar-refractivity contribution in [2.75, 3.05) is 27.2 Å². The molecule has 1 amide bonds. The number of rotatable bonds is 25. The van der Waals surface area contributed by atoms with Crippen LogP contribution in [0.1, 0.15) is 122 Å². The van der Waals surface area contributed by atoms with Gasteiger partial charge in [-0.25, -0.2) is 4.79 Å². The van der Waals surface area contributed by atoms with Gasteiger partial charge in [-0.2, -0.15) is 0 Å². The summed E-state index contributed by atoms with van der Waals surface area (Å²) >= 11 is 0. The van der Waals surface area contributed by atoms with Crippen molar-refractivity contribution in [2.24, 2.45) is 0 Å². The van der Waals surface area contributed by atoms with Crippen molar-refractivity contribution in [3.63, 3.8) is 0 Å². The predicted octanol–water partition coefficient (Wildman–Crippen LogP) is 7.61. The minimum Gasteiger partial charge on any atom is -0.478 e. The highest BCUT2D eigenvalue weighted by Crippen LogP contribution is 2.21. The summed E-state index contributed by atoms with van der Waals surface area (Å²) in [6.07, 6.45) is 24.9. The van der Waals surface area contributed by atoms with Gasteiger partial charge in [0.05, 0.1) is 0 Å². The fourth-order valence-electron chi connectivity index (χ4n) is 4.57. The number of carboxylic acid groups (broad SMARTS) is 1. The number of carboxylic acids is 1. The van der Waals surface area contributed by atoms with Gasteiger partial charge in [0.1, 0.15) is 0 Å². The molecule has 204 valence electrons. The van der Waals surface area contributed by atoms with Crippen molar-refractivity contribution in [1.29, 1.82) is 0 Å². The van der Waals surface area contributed by atoms with Crippen LogP contribution in [0.4, 0.5) is 0 Å². The molecule has 0 fully saturated rings. The maximum absolute atomic E-state index is 13.3. The van der Waals surface area contributed by atoms with Crippen molar-refractivity contribution < 1.29 is 14.7 Å². The zero-order chi connectivity index (χ0) is 26.2. The molecule has 5 heteroatoms. The molecule has 1 N–H and O–H groups in total. The van der Waals surface area contributed by atoms with Gasteiger partial charge in [0.2, 0.25) is 5.91 Å². The molecule has 0 bridgehead atoms. The third kappa shape index (κ3) is 21.4. The lowest BCUT2D eigenvalue weighted by atomic mass is 9.98. The monoisotopic (exact) mass is 492 g/mol. The van der Waals surface area contributed by atoms with E-state index in [2.05, 4.69) is 37.4 Å². The number of unbranched alkanes of at least 4 members (excludes halogenated alkanes) is 11. The molecule has 5 nitrogen and oxygen atoms in total. The van der Waals surface area contributed by atoms with Crippen LogP contribution in [0.5, 0.6) is 0 Å². The standard InChI is InChI=1S/C30H56N2O3/c1-5-7-9-11-12-13-14-17-22-28(23-18-15-16-19-25-30(34)35)32(27-20-10-8-6-2)29(33)24-21-26-31(3)4/h6,19,25,28H,2,5,7-18,20-24,26-27H2,1,3-4H3,(H,34,35). The van der Waals surface area contributed by atoms with E-state index in [1.54, 1.807) is 6.08 Å². The first-order valence-corrected chi connectivity index (χ1v) is 14.4. The van der Waals surface area contributed by atoms with Crippen LogP contribution in [-0.2, 0) is 9.59 Å². The molecular formula is C30H56N2O3. The second kappa shape index (κ2) is 24.1. The van der Waals surface area contributed by atoms with Crippen LogP contribution in [0.25, 0.3) is 0 Å². The number of amides is 1. The Kier molecular flexibility index (Phi) is 23.0. The average molecular weight is 493 g/mol. The summed E-state index contributed by atoms with van der Waals surface area (Å²) in [4.78, 5) is 28.3. The van der Waals surface area contributed by atoms with Gasteiger partial charge in [0, 0.05) is 25.1 Å². The lowest BCUT2D eigenvalue weighted by Crippen LogP contribution is -2.41. The second-order valence-corrected chi connectivity index (χ2v) is 10.2. The first-order valence-electron chi connectivity index (χ1n) is 14.4. The van der Waals surface area contributed by atoms with Gasteiger partial charge in [-0.05, 0) is 72.0 Å². The van der Waals surface area contributed by atoms with Crippen molar-refractivity contribution >= 4 is 11.9 Å². The number of carbonyl (C=O) groups excluding carboxylic acids is 1. The third-order valence-corrected chi connectivity index (χ3v) is 6.62. The molecule has 0 radical (unpaired) electrons. The molecule has 0 rings (SSSR count). The quantitative estimate of drug-likeness (QED) is 0.0809. The van der Waals surface area contributed by atoms with Gasteiger partial charge in [-0.1, -0.05) is 76.9 Å². The van der Waals surface area contributed by atoms with Gasteiger partial charge in [-0.3, -0.25) is 4.79 Å². The molecule has 0 saturated heterocycles. The lowest BCUT2D eigenvalue weighted by Gasteiger charge is -2.33. The molecular weight excluding hydrogens is 436 g/mol. The lowest BCUT2D eigenvalue weighted by molar-refractivity contribution is -0.134. The molecule has 0 aliphatic carbocycles. The summed E-state index contributed by atoms with van der Waals surface area (Å²) in [5, 5.41) is 8.78. The zero-order valence-corrected chi connectivity index (χ0v) is 23.3. The van der Waals surface area contributed by atoms with Gasteiger partial charge in [-0.15, -0.1) is 6.58 Å². The van der Waals surface area contributed by atoms with E-state index < -0.39 is 5.97 Å². The average Bonchev–Trinajstić information content (AvgIpc) is 2.81. The van der Waals surface area contributed by atoms with Crippen LogP contribution < -0.4 is 0 Å². The highest BCUT2D eigenvalue weighted by atomic mass is 16.4. The highest BCUT2D eigenvalue weighted by molar-refractivity contribution is 5.79. The summed E-state index contributed by atoms with van der Waals surface area (Å²) in [6, 6.07) is 0.300. The smallest absolute Gasteiger partial charge is 0.327 e. The summed E-state index contributed by atoms with van der Waals surface area (Å²) < 4.78 is 0. The molecule has 0 aliphatic heterocycles. The Morgan fingerprint density at radius 3 is 2.00 bits per heavy atom. The Morgan fingerprint density at radius 2 is 1.40 bits per heavy atom. The number of carbonyl (C=O) groups is 2. The highest BCUT2D eigenvalue weighted by Gasteiger charge is 2.22. The fourth-order valence-corrected chi connectivity index (χ4v) is 4.57. The largest absolute Gasteiger partial charge is 0.478 e. The van der Waals surface area contributed by atoms with Crippen LogP contribution in [0.2, 0.25) is 0 Å². The van der Waals surface area contributed by atoms with E-state index in [0.717, 1.165) is 70.9 Å². The fraction of sp³-hybridized carbons (Fsp3) is 0.800. The summed E-state index contributed by atoms with van der Waals surface area (Å²) in [7, 11) is 4.11. The van der Waals surface area contributed by atoms with Crippen molar-refractivity contribution in [1.82, 2.24) is 9.80 Å². The van der Waals surface area contributed by atoms with Crippen LogP contribution in [0, 0.1) is 0 Å². The van der Waals surface area contributed by atoms with E-state index >= 15 is 0 Å². The maximum Gasteiger partial charge on any atom is 0.327 e. The summed E-state index contributed by atoms with van der Waals surface area (Å²) in [6.45, 7) is 7.87. The van der Waals surface area contributed by atoms with E-state index in [9.17, 15) is 9.59 Å². The van der Waals surface area contributed by atoms with Crippen molar-refractivity contribution in [3.8, 4) is 0 Å². The Morgan fingerprint density at radius 1 is 0.800 bits per heavy atom. The van der Waals surface area contributed by atoms with E-state index in [4.69, 9.17) is 5.11 Å². The number of allylic oxidation sites excluding steroid dienone is 2. The van der Waals surface area contributed by atoms with Gasteiger partial charge in [0.15, 0.2) is 0 Å². The van der Waals surface area contributed by atoms with Crippen molar-refractivity contribution in [2.45, 2.75) is 129 Å². The third-order valence-electron chi connectivity index (χ3n) is 6.62. The number of hydrogen-bond donors (Lipinski definition) is 1. The number of aliphatic carboxylic acids is 1. The van der Waals surface area contributed by atoms with Gasteiger partial charge in [0.25, 0.3) is 0 Å². The number of hydrogen-bond acceptors (Lipinski definition) is 3. The second-order valence-electron chi connectivity index (χ2n) is 10.2. The van der Waals surface area contributed by atoms with Crippen LogP contribution in [0.3, 0.4) is 0 Å². The Balaban J connectivity index is 4.94. The zero-order valence-electron chi connectivity index (χ0n) is 23.3. The van der Waals surface area contributed by atoms with Crippen LogP contribution in [-0.4, -0.2) is 60.0 Å². The Hall–Kier alpha value is -1.62. The maximum atomic E-state index is 13.3. The molecule has 0 aromatic heterocycles. The first kappa shape index (κ1) is 33.4. The van der Waals surface area contributed by atoms with Crippen LogP contribution in [0.15, 0.2) is 24.8 Å². The van der Waals surface area contributed by atoms with E-state index in [0.29, 0.717) is 18.4 Å². The SMILES string of the molecule is C=CCCCCN(C(=O)CCCN(C)C)C(CCCCC=CC(=O)O)CCCCCCCCCC. The molecule has 1 unspecified atom stereocenters. The topological polar surface area (TPSA) is 60.9 Å². The minimum atomic E-state index is -0.883. The molecule has 0 saturated carbocycles. The molecule has 0 aromatic carbocycles. The molecule has 35 heavy (non-hydrogen) atoms. The molecule has 0 spiro atoms. The van der Waals surface area contributed by atoms with Crippen LogP contribution >= 0.6 is 0 Å². The van der Waals surface area contributed by atoms with E-state index in [1.807, 2.05) is 6.08 Å². The van der Waals surface area contributed by atoms with E-state index in [1.165, 1.54) is 57.4 Å².